The van der Waals surface area contributed by atoms with Crippen molar-refractivity contribution in [3.05, 3.63) is 47.1 Å². The maximum absolute atomic E-state index is 13.8. The Morgan fingerprint density at radius 3 is 2.82 bits per heavy atom. The highest BCUT2D eigenvalue weighted by atomic mass is 32.1. The predicted molar refractivity (Wildman–Crippen MR) is 71.8 cm³/mol. The van der Waals surface area contributed by atoms with Crippen LogP contribution in [0.5, 0.6) is 0 Å². The van der Waals surface area contributed by atoms with E-state index >= 15 is 0 Å². The van der Waals surface area contributed by atoms with Gasteiger partial charge in [0.25, 0.3) is 0 Å². The smallest absolute Gasteiger partial charge is 0.131 e. The van der Waals surface area contributed by atoms with E-state index < -0.39 is 0 Å². The van der Waals surface area contributed by atoms with Crippen molar-refractivity contribution >= 4 is 11.3 Å². The Labute approximate surface area is 105 Å². The standard InChI is InChI=1S/C14H16FNS/c1-10(6-7-16)11-4-5-13(15)12(9-11)14-3-2-8-17-14/h2-5,8-10H,6-7,16H2,1H3. The first kappa shape index (κ1) is 12.3. The first-order valence-corrected chi connectivity index (χ1v) is 6.63. The summed E-state index contributed by atoms with van der Waals surface area (Å²) in [6.07, 6.45) is 0.926. The Kier molecular flexibility index (Phi) is 3.92. The van der Waals surface area contributed by atoms with Crippen LogP contribution in [0.3, 0.4) is 0 Å². The predicted octanol–water partition coefficient (Wildman–Crippen LogP) is 4.01. The average molecular weight is 249 g/mol. The Balaban J connectivity index is 2.36. The van der Waals surface area contributed by atoms with Crippen molar-refractivity contribution in [3.63, 3.8) is 0 Å². The first-order chi connectivity index (χ1) is 8.22. The number of benzene rings is 1. The molecule has 0 bridgehead atoms. The molecule has 1 atom stereocenters. The number of nitrogens with two attached hydrogens (primary N) is 1. The quantitative estimate of drug-likeness (QED) is 0.870. The van der Waals surface area contributed by atoms with Crippen molar-refractivity contribution in [1.82, 2.24) is 0 Å². The molecule has 0 spiro atoms. The van der Waals surface area contributed by atoms with Crippen LogP contribution < -0.4 is 5.73 Å². The van der Waals surface area contributed by atoms with Gasteiger partial charge in [-0.15, -0.1) is 11.3 Å². The molecule has 1 aromatic carbocycles. The van der Waals surface area contributed by atoms with Crippen LogP contribution in [-0.2, 0) is 0 Å². The lowest BCUT2D eigenvalue weighted by molar-refractivity contribution is 0.627. The van der Waals surface area contributed by atoms with Gasteiger partial charge in [-0.05, 0) is 48.0 Å². The summed E-state index contributed by atoms with van der Waals surface area (Å²) in [5, 5.41) is 1.96. The molecule has 17 heavy (non-hydrogen) atoms. The molecule has 0 aliphatic carbocycles. The van der Waals surface area contributed by atoms with Crippen molar-refractivity contribution < 1.29 is 4.39 Å². The van der Waals surface area contributed by atoms with Crippen LogP contribution in [0.15, 0.2) is 35.7 Å². The first-order valence-electron chi connectivity index (χ1n) is 5.75. The second-order valence-electron chi connectivity index (χ2n) is 4.19. The number of hydrogen-bond acceptors (Lipinski definition) is 2. The third-order valence-corrected chi connectivity index (χ3v) is 3.85. The molecule has 0 fully saturated rings. The van der Waals surface area contributed by atoms with Gasteiger partial charge in [-0.1, -0.05) is 19.1 Å². The van der Waals surface area contributed by atoms with Gasteiger partial charge < -0.3 is 5.73 Å². The lowest BCUT2D eigenvalue weighted by Crippen LogP contribution is -2.04. The van der Waals surface area contributed by atoms with Gasteiger partial charge in [0.05, 0.1) is 0 Å². The number of hydrogen-bond donors (Lipinski definition) is 1. The maximum atomic E-state index is 13.8. The summed E-state index contributed by atoms with van der Waals surface area (Å²) in [7, 11) is 0. The summed E-state index contributed by atoms with van der Waals surface area (Å²) in [6.45, 7) is 2.78. The SMILES string of the molecule is CC(CCN)c1ccc(F)c(-c2cccs2)c1. The van der Waals surface area contributed by atoms with Crippen LogP contribution in [0.1, 0.15) is 24.8 Å². The lowest BCUT2D eigenvalue weighted by Gasteiger charge is -2.12. The van der Waals surface area contributed by atoms with Crippen molar-refractivity contribution in [2.24, 2.45) is 5.73 Å². The zero-order valence-electron chi connectivity index (χ0n) is 9.82. The molecule has 2 N–H and O–H groups in total. The van der Waals surface area contributed by atoms with Crippen LogP contribution in [0.4, 0.5) is 4.39 Å². The van der Waals surface area contributed by atoms with E-state index in [9.17, 15) is 4.39 Å². The molecular weight excluding hydrogens is 233 g/mol. The van der Waals surface area contributed by atoms with E-state index in [1.165, 1.54) is 0 Å². The maximum Gasteiger partial charge on any atom is 0.131 e. The molecule has 0 saturated heterocycles. The summed E-state index contributed by atoms with van der Waals surface area (Å²) in [4.78, 5) is 0.976. The summed E-state index contributed by atoms with van der Waals surface area (Å²) >= 11 is 1.56. The van der Waals surface area contributed by atoms with Gasteiger partial charge in [0.15, 0.2) is 0 Å². The Bertz CT molecular complexity index is 479. The minimum atomic E-state index is -0.156. The molecule has 0 radical (unpaired) electrons. The minimum Gasteiger partial charge on any atom is -0.330 e. The zero-order valence-corrected chi connectivity index (χ0v) is 10.6. The van der Waals surface area contributed by atoms with Gasteiger partial charge in [-0.3, -0.25) is 0 Å². The van der Waals surface area contributed by atoms with E-state index in [0.29, 0.717) is 18.0 Å². The molecule has 3 heteroatoms. The van der Waals surface area contributed by atoms with Crippen LogP contribution in [0.25, 0.3) is 10.4 Å². The fourth-order valence-corrected chi connectivity index (χ4v) is 2.63. The molecule has 1 heterocycles. The van der Waals surface area contributed by atoms with Gasteiger partial charge >= 0.3 is 0 Å². The van der Waals surface area contributed by atoms with E-state index in [0.717, 1.165) is 16.9 Å². The molecule has 1 aromatic heterocycles. The Morgan fingerprint density at radius 2 is 2.18 bits per heavy atom. The van der Waals surface area contributed by atoms with E-state index in [-0.39, 0.29) is 5.82 Å². The van der Waals surface area contributed by atoms with Gasteiger partial charge in [0, 0.05) is 10.4 Å². The van der Waals surface area contributed by atoms with Crippen molar-refractivity contribution in [2.45, 2.75) is 19.3 Å². The highest BCUT2D eigenvalue weighted by molar-refractivity contribution is 7.13. The normalized spacial score (nSPS) is 12.6. The third-order valence-electron chi connectivity index (χ3n) is 2.95. The molecule has 0 amide bonds. The van der Waals surface area contributed by atoms with Crippen molar-refractivity contribution in [1.29, 1.82) is 0 Å². The third kappa shape index (κ3) is 2.73. The molecule has 2 rings (SSSR count). The number of rotatable bonds is 4. The Hall–Kier alpha value is -1.19. The fourth-order valence-electron chi connectivity index (χ4n) is 1.89. The number of halogens is 1. The molecule has 0 aliphatic rings. The van der Waals surface area contributed by atoms with Crippen molar-refractivity contribution in [2.75, 3.05) is 6.54 Å². The summed E-state index contributed by atoms with van der Waals surface area (Å²) in [5.41, 5.74) is 7.41. The number of thiophene rings is 1. The highest BCUT2D eigenvalue weighted by Crippen LogP contribution is 2.30. The Morgan fingerprint density at radius 1 is 1.35 bits per heavy atom. The van der Waals surface area contributed by atoms with E-state index in [1.807, 2.05) is 29.6 Å². The van der Waals surface area contributed by atoms with Crippen LogP contribution in [0, 0.1) is 5.82 Å². The molecule has 2 aromatic rings. The molecular formula is C14H16FNS. The monoisotopic (exact) mass is 249 g/mol. The van der Waals surface area contributed by atoms with Gasteiger partial charge in [0.2, 0.25) is 0 Å². The molecule has 0 aliphatic heterocycles. The zero-order chi connectivity index (χ0) is 12.3. The summed E-state index contributed by atoms with van der Waals surface area (Å²) < 4.78 is 13.8. The largest absolute Gasteiger partial charge is 0.330 e. The van der Waals surface area contributed by atoms with E-state index in [4.69, 9.17) is 5.73 Å². The fraction of sp³-hybridized carbons (Fsp3) is 0.286. The summed E-state index contributed by atoms with van der Waals surface area (Å²) in [5.74, 6) is 0.218. The topological polar surface area (TPSA) is 26.0 Å². The van der Waals surface area contributed by atoms with Crippen LogP contribution in [-0.4, -0.2) is 6.54 Å². The van der Waals surface area contributed by atoms with Crippen LogP contribution in [0.2, 0.25) is 0 Å². The second kappa shape index (κ2) is 5.43. The molecule has 1 nitrogen and oxygen atoms in total. The van der Waals surface area contributed by atoms with Gasteiger partial charge in [0.1, 0.15) is 5.82 Å². The molecule has 90 valence electrons. The molecule has 1 unspecified atom stereocenters. The van der Waals surface area contributed by atoms with Crippen LogP contribution >= 0.6 is 11.3 Å². The van der Waals surface area contributed by atoms with E-state index in [1.54, 1.807) is 17.4 Å². The lowest BCUT2D eigenvalue weighted by atomic mass is 9.95. The van der Waals surface area contributed by atoms with E-state index in [2.05, 4.69) is 6.92 Å². The average Bonchev–Trinajstić information content (AvgIpc) is 2.83. The minimum absolute atomic E-state index is 0.156. The summed E-state index contributed by atoms with van der Waals surface area (Å²) in [6, 6.07) is 9.24. The second-order valence-corrected chi connectivity index (χ2v) is 5.14. The van der Waals surface area contributed by atoms with Gasteiger partial charge in [-0.25, -0.2) is 4.39 Å². The molecule has 0 saturated carbocycles. The van der Waals surface area contributed by atoms with Gasteiger partial charge in [-0.2, -0.15) is 0 Å². The highest BCUT2D eigenvalue weighted by Gasteiger charge is 2.10. The van der Waals surface area contributed by atoms with Crippen molar-refractivity contribution in [3.8, 4) is 10.4 Å².